The van der Waals surface area contributed by atoms with Crippen LogP contribution in [0.25, 0.3) is 0 Å². The summed E-state index contributed by atoms with van der Waals surface area (Å²) in [6.07, 6.45) is 1.97. The first-order valence-corrected chi connectivity index (χ1v) is 4.45. The Morgan fingerprint density at radius 1 is 1.54 bits per heavy atom. The van der Waals surface area contributed by atoms with Crippen molar-refractivity contribution in [3.05, 3.63) is 0 Å². The van der Waals surface area contributed by atoms with E-state index in [4.69, 9.17) is 5.73 Å². The lowest BCUT2D eigenvalue weighted by molar-refractivity contribution is -0.154. The number of hydrogen-bond donors (Lipinski definition) is 1. The van der Waals surface area contributed by atoms with Gasteiger partial charge in [0.05, 0.1) is 12.5 Å². The van der Waals surface area contributed by atoms with Crippen molar-refractivity contribution in [3.63, 3.8) is 0 Å². The van der Waals surface area contributed by atoms with Gasteiger partial charge < -0.3 is 10.5 Å². The number of carbonyl (C=O) groups is 2. The Labute approximate surface area is 77.4 Å². The SMILES string of the molecule is COC(=O)C1(CN)CCC(=O)CC1. The second-order valence-electron chi connectivity index (χ2n) is 3.51. The molecule has 0 aromatic rings. The molecule has 0 aromatic carbocycles. The molecule has 1 rings (SSSR count). The molecule has 13 heavy (non-hydrogen) atoms. The summed E-state index contributed by atoms with van der Waals surface area (Å²) in [5, 5.41) is 0. The zero-order valence-electron chi connectivity index (χ0n) is 7.84. The fourth-order valence-corrected chi connectivity index (χ4v) is 1.72. The van der Waals surface area contributed by atoms with Crippen LogP contribution in [0.5, 0.6) is 0 Å². The Balaban J connectivity index is 2.71. The molecule has 0 aromatic heterocycles. The Kier molecular flexibility index (Phi) is 3.03. The summed E-state index contributed by atoms with van der Waals surface area (Å²) in [6, 6.07) is 0. The third-order valence-electron chi connectivity index (χ3n) is 2.77. The van der Waals surface area contributed by atoms with Gasteiger partial charge in [-0.05, 0) is 12.8 Å². The van der Waals surface area contributed by atoms with E-state index in [-0.39, 0.29) is 18.3 Å². The van der Waals surface area contributed by atoms with Crippen molar-refractivity contribution in [2.75, 3.05) is 13.7 Å². The summed E-state index contributed by atoms with van der Waals surface area (Å²) in [4.78, 5) is 22.4. The molecular formula is C9H15NO3. The van der Waals surface area contributed by atoms with E-state index < -0.39 is 5.41 Å². The number of rotatable bonds is 2. The van der Waals surface area contributed by atoms with Crippen molar-refractivity contribution in [2.24, 2.45) is 11.1 Å². The van der Waals surface area contributed by atoms with Gasteiger partial charge in [-0.25, -0.2) is 0 Å². The van der Waals surface area contributed by atoms with Gasteiger partial charge in [-0.1, -0.05) is 0 Å². The standard InChI is InChI=1S/C9H15NO3/c1-13-8(12)9(6-10)4-2-7(11)3-5-9/h2-6,10H2,1H3. The van der Waals surface area contributed by atoms with Gasteiger partial charge in [0.15, 0.2) is 0 Å². The van der Waals surface area contributed by atoms with Gasteiger partial charge in [0, 0.05) is 19.4 Å². The third-order valence-corrected chi connectivity index (χ3v) is 2.77. The molecule has 2 N–H and O–H groups in total. The molecule has 0 radical (unpaired) electrons. The summed E-state index contributed by atoms with van der Waals surface area (Å²) >= 11 is 0. The van der Waals surface area contributed by atoms with Crippen molar-refractivity contribution < 1.29 is 14.3 Å². The van der Waals surface area contributed by atoms with Crippen LogP contribution in [0.15, 0.2) is 0 Å². The second kappa shape index (κ2) is 3.87. The normalized spacial score (nSPS) is 21.2. The highest BCUT2D eigenvalue weighted by molar-refractivity contribution is 5.84. The largest absolute Gasteiger partial charge is 0.469 e. The lowest BCUT2D eigenvalue weighted by atomic mass is 9.74. The van der Waals surface area contributed by atoms with Crippen molar-refractivity contribution in [2.45, 2.75) is 25.7 Å². The number of ketones is 1. The van der Waals surface area contributed by atoms with E-state index in [1.165, 1.54) is 7.11 Å². The second-order valence-corrected chi connectivity index (χ2v) is 3.51. The third kappa shape index (κ3) is 1.88. The van der Waals surface area contributed by atoms with Gasteiger partial charge >= 0.3 is 5.97 Å². The average molecular weight is 185 g/mol. The monoisotopic (exact) mass is 185 g/mol. The number of ether oxygens (including phenoxy) is 1. The Morgan fingerprint density at radius 3 is 2.46 bits per heavy atom. The maximum Gasteiger partial charge on any atom is 0.313 e. The molecule has 0 atom stereocenters. The minimum Gasteiger partial charge on any atom is -0.469 e. The first-order valence-electron chi connectivity index (χ1n) is 4.45. The van der Waals surface area contributed by atoms with E-state index in [0.717, 1.165) is 0 Å². The van der Waals surface area contributed by atoms with Crippen LogP contribution < -0.4 is 5.73 Å². The highest BCUT2D eigenvalue weighted by Crippen LogP contribution is 2.34. The van der Waals surface area contributed by atoms with E-state index in [2.05, 4.69) is 4.74 Å². The van der Waals surface area contributed by atoms with Gasteiger partial charge in [0.25, 0.3) is 0 Å². The molecule has 4 heteroatoms. The number of hydrogen-bond acceptors (Lipinski definition) is 4. The Bertz CT molecular complexity index is 215. The van der Waals surface area contributed by atoms with Crippen LogP contribution in [0.4, 0.5) is 0 Å². The molecule has 0 bridgehead atoms. The summed E-state index contributed by atoms with van der Waals surface area (Å²) in [5.74, 6) is -0.0597. The van der Waals surface area contributed by atoms with Gasteiger partial charge in [-0.15, -0.1) is 0 Å². The van der Waals surface area contributed by atoms with Crippen molar-refractivity contribution >= 4 is 11.8 Å². The average Bonchev–Trinajstić information content (AvgIpc) is 2.18. The van der Waals surface area contributed by atoms with Crippen molar-refractivity contribution in [1.29, 1.82) is 0 Å². The van der Waals surface area contributed by atoms with Crippen LogP contribution in [0.1, 0.15) is 25.7 Å². The molecule has 74 valence electrons. The molecule has 1 aliphatic rings. The predicted molar refractivity (Wildman–Crippen MR) is 47.0 cm³/mol. The number of nitrogens with two attached hydrogens (primary N) is 1. The summed E-state index contributed by atoms with van der Waals surface area (Å²) < 4.78 is 4.69. The van der Waals surface area contributed by atoms with E-state index >= 15 is 0 Å². The molecular weight excluding hydrogens is 170 g/mol. The molecule has 0 saturated heterocycles. The van der Waals surface area contributed by atoms with E-state index in [1.54, 1.807) is 0 Å². The molecule has 4 nitrogen and oxygen atoms in total. The summed E-state index contributed by atoms with van der Waals surface area (Å²) in [6.45, 7) is 0.271. The van der Waals surface area contributed by atoms with Crippen LogP contribution in [0.3, 0.4) is 0 Å². The topological polar surface area (TPSA) is 69.4 Å². The van der Waals surface area contributed by atoms with Gasteiger partial charge in [-0.2, -0.15) is 0 Å². The first kappa shape index (κ1) is 10.2. The van der Waals surface area contributed by atoms with Gasteiger partial charge in [0.2, 0.25) is 0 Å². The van der Waals surface area contributed by atoms with Crippen LogP contribution in [0, 0.1) is 5.41 Å². The molecule has 0 unspecified atom stereocenters. The smallest absolute Gasteiger partial charge is 0.313 e. The zero-order chi connectivity index (χ0) is 9.90. The number of Topliss-reactive ketones (excluding diaryl/α,β-unsaturated/α-hetero) is 1. The minimum absolute atomic E-state index is 0.216. The van der Waals surface area contributed by atoms with E-state index in [0.29, 0.717) is 25.7 Å². The molecule has 1 fully saturated rings. The van der Waals surface area contributed by atoms with E-state index in [1.807, 2.05) is 0 Å². The molecule has 0 heterocycles. The van der Waals surface area contributed by atoms with Crippen molar-refractivity contribution in [3.8, 4) is 0 Å². The molecule has 0 spiro atoms. The van der Waals surface area contributed by atoms with Crippen LogP contribution in [-0.2, 0) is 14.3 Å². The summed E-state index contributed by atoms with van der Waals surface area (Å²) in [5.41, 5.74) is 4.95. The van der Waals surface area contributed by atoms with Crippen molar-refractivity contribution in [1.82, 2.24) is 0 Å². The fourth-order valence-electron chi connectivity index (χ4n) is 1.72. The van der Waals surface area contributed by atoms with Gasteiger partial charge in [-0.3, -0.25) is 9.59 Å². The van der Waals surface area contributed by atoms with Crippen LogP contribution in [0.2, 0.25) is 0 Å². The number of carbonyl (C=O) groups excluding carboxylic acids is 2. The van der Waals surface area contributed by atoms with Crippen LogP contribution >= 0.6 is 0 Å². The molecule has 0 amide bonds. The molecule has 0 aliphatic heterocycles. The number of methoxy groups -OCH3 is 1. The molecule has 1 aliphatic carbocycles. The van der Waals surface area contributed by atoms with Crippen LogP contribution in [-0.4, -0.2) is 25.4 Å². The van der Waals surface area contributed by atoms with Gasteiger partial charge in [0.1, 0.15) is 5.78 Å². The zero-order valence-corrected chi connectivity index (χ0v) is 7.84. The Hall–Kier alpha value is -0.900. The molecule has 1 saturated carbocycles. The lowest BCUT2D eigenvalue weighted by Gasteiger charge is -2.32. The summed E-state index contributed by atoms with van der Waals surface area (Å²) in [7, 11) is 1.36. The quantitative estimate of drug-likeness (QED) is 0.626. The maximum absolute atomic E-state index is 11.4. The predicted octanol–water partition coefficient (Wildman–Crippen LogP) is 0.248. The van der Waals surface area contributed by atoms with E-state index in [9.17, 15) is 9.59 Å². The highest BCUT2D eigenvalue weighted by Gasteiger charge is 2.41. The fraction of sp³-hybridized carbons (Fsp3) is 0.778. The lowest BCUT2D eigenvalue weighted by Crippen LogP contribution is -2.42. The number of esters is 1. The Morgan fingerprint density at radius 2 is 2.08 bits per heavy atom. The maximum atomic E-state index is 11.4. The highest BCUT2D eigenvalue weighted by atomic mass is 16.5. The first-order chi connectivity index (χ1) is 6.14. The minimum atomic E-state index is -0.595.